The molecule has 2 N–H and O–H groups in total. The normalized spacial score (nSPS) is 15.1. The molecule has 0 unspecified atom stereocenters. The Morgan fingerprint density at radius 1 is 1.75 bits per heavy atom. The van der Waals surface area contributed by atoms with Gasteiger partial charge in [0.2, 0.25) is 0 Å². The van der Waals surface area contributed by atoms with Crippen molar-refractivity contribution in [1.82, 2.24) is 15.1 Å². The average molecular weight is 247 g/mol. The lowest BCUT2D eigenvalue weighted by Crippen LogP contribution is -2.49. The maximum absolute atomic E-state index is 11.4. The molecule has 16 heavy (non-hydrogen) atoms. The molecular formula is C9H15ClN4O2. The van der Waals surface area contributed by atoms with E-state index in [9.17, 15) is 4.79 Å². The minimum atomic E-state index is -0.166. The van der Waals surface area contributed by atoms with Crippen LogP contribution in [0.2, 0.25) is 0 Å². The van der Waals surface area contributed by atoms with Crippen molar-refractivity contribution < 1.29 is 9.53 Å². The minimum absolute atomic E-state index is 0. The molecule has 0 aliphatic carbocycles. The van der Waals surface area contributed by atoms with Crippen molar-refractivity contribution in [3.8, 4) is 0 Å². The van der Waals surface area contributed by atoms with E-state index in [0.29, 0.717) is 5.82 Å². The summed E-state index contributed by atoms with van der Waals surface area (Å²) in [4.78, 5) is 11.4. The van der Waals surface area contributed by atoms with Crippen molar-refractivity contribution >= 4 is 24.1 Å². The van der Waals surface area contributed by atoms with Gasteiger partial charge in [-0.15, -0.1) is 12.4 Å². The van der Waals surface area contributed by atoms with E-state index in [1.807, 2.05) is 0 Å². The largest absolute Gasteiger partial charge is 0.366 e. The fourth-order valence-electron chi connectivity index (χ4n) is 1.23. The molecule has 0 atom stereocenters. The van der Waals surface area contributed by atoms with Gasteiger partial charge in [-0.1, -0.05) is 0 Å². The first-order chi connectivity index (χ1) is 7.24. The first-order valence-electron chi connectivity index (χ1n) is 4.86. The smallest absolute Gasteiger partial charge is 0.251 e. The summed E-state index contributed by atoms with van der Waals surface area (Å²) in [5.41, 5.74) is 0. The van der Waals surface area contributed by atoms with Gasteiger partial charge in [-0.2, -0.15) is 5.10 Å². The van der Waals surface area contributed by atoms with Crippen molar-refractivity contribution in [2.24, 2.45) is 7.05 Å². The standard InChI is InChI=1S/C9H14N4O2.ClH/c1-13-3-2-8(12-13)11-9(14)6-15-7-4-10-5-7;/h2-3,7,10H,4-6H2,1H3,(H,11,12,14);1H. The van der Waals surface area contributed by atoms with Gasteiger partial charge in [0.15, 0.2) is 5.82 Å². The molecule has 1 aromatic heterocycles. The molecule has 0 saturated carbocycles. The Bertz CT molecular complexity index is 351. The number of amides is 1. The molecule has 0 aromatic carbocycles. The van der Waals surface area contributed by atoms with E-state index in [0.717, 1.165) is 13.1 Å². The summed E-state index contributed by atoms with van der Waals surface area (Å²) in [5, 5.41) is 9.74. The number of carbonyl (C=O) groups excluding carboxylic acids is 1. The zero-order valence-corrected chi connectivity index (χ0v) is 9.79. The van der Waals surface area contributed by atoms with E-state index in [1.165, 1.54) is 0 Å². The Hall–Kier alpha value is -1.11. The molecule has 6 nitrogen and oxygen atoms in total. The number of rotatable bonds is 4. The number of aryl methyl sites for hydroxylation is 1. The second kappa shape index (κ2) is 5.83. The van der Waals surface area contributed by atoms with E-state index in [1.54, 1.807) is 24.0 Å². The number of ether oxygens (including phenoxy) is 1. The summed E-state index contributed by atoms with van der Waals surface area (Å²) >= 11 is 0. The molecule has 0 radical (unpaired) electrons. The monoisotopic (exact) mass is 246 g/mol. The van der Waals surface area contributed by atoms with Gasteiger partial charge < -0.3 is 15.4 Å². The first-order valence-corrected chi connectivity index (χ1v) is 4.86. The number of nitrogens with one attached hydrogen (secondary N) is 2. The van der Waals surface area contributed by atoms with E-state index in [2.05, 4.69) is 15.7 Å². The van der Waals surface area contributed by atoms with Crippen LogP contribution >= 0.6 is 12.4 Å². The summed E-state index contributed by atoms with van der Waals surface area (Å²) in [7, 11) is 1.80. The first kappa shape index (κ1) is 13.0. The molecule has 90 valence electrons. The van der Waals surface area contributed by atoms with Crippen molar-refractivity contribution in [2.45, 2.75) is 6.10 Å². The number of hydrogen-bond donors (Lipinski definition) is 2. The van der Waals surface area contributed by atoms with Crippen LogP contribution in [0.3, 0.4) is 0 Å². The van der Waals surface area contributed by atoms with Crippen LogP contribution in [0.5, 0.6) is 0 Å². The molecular weight excluding hydrogens is 232 g/mol. The molecule has 1 saturated heterocycles. The number of carbonyl (C=O) groups is 1. The van der Waals surface area contributed by atoms with Crippen LogP contribution in [0.25, 0.3) is 0 Å². The summed E-state index contributed by atoms with van der Waals surface area (Å²) in [6.45, 7) is 1.75. The number of anilines is 1. The summed E-state index contributed by atoms with van der Waals surface area (Å²) in [6, 6.07) is 1.74. The van der Waals surface area contributed by atoms with Gasteiger partial charge in [0.05, 0.1) is 6.10 Å². The number of halogens is 1. The van der Waals surface area contributed by atoms with Gasteiger partial charge in [-0.05, 0) is 0 Å². The summed E-state index contributed by atoms with van der Waals surface area (Å²) in [5.74, 6) is 0.387. The van der Waals surface area contributed by atoms with E-state index in [-0.39, 0.29) is 31.0 Å². The Balaban J connectivity index is 0.00000128. The van der Waals surface area contributed by atoms with Crippen LogP contribution in [0, 0.1) is 0 Å². The van der Waals surface area contributed by atoms with Crippen LogP contribution in [-0.2, 0) is 16.6 Å². The lowest BCUT2D eigenvalue weighted by molar-refractivity contribution is -0.123. The van der Waals surface area contributed by atoms with Gasteiger partial charge in [0, 0.05) is 32.4 Å². The zero-order valence-electron chi connectivity index (χ0n) is 8.97. The van der Waals surface area contributed by atoms with E-state index in [4.69, 9.17) is 4.74 Å². The highest BCUT2D eigenvalue weighted by molar-refractivity contribution is 5.90. The van der Waals surface area contributed by atoms with Gasteiger partial charge >= 0.3 is 0 Å². The number of nitrogens with zero attached hydrogens (tertiary/aromatic N) is 2. The Kier molecular flexibility index (Phi) is 4.72. The predicted molar refractivity (Wildman–Crippen MR) is 61.7 cm³/mol. The molecule has 0 spiro atoms. The van der Waals surface area contributed by atoms with Crippen molar-refractivity contribution in [2.75, 3.05) is 25.0 Å². The molecule has 1 amide bonds. The molecule has 1 aromatic rings. The third kappa shape index (κ3) is 3.48. The Morgan fingerprint density at radius 3 is 3.00 bits per heavy atom. The van der Waals surface area contributed by atoms with Gasteiger partial charge in [-0.3, -0.25) is 9.48 Å². The summed E-state index contributed by atoms with van der Waals surface area (Å²) in [6.07, 6.45) is 1.95. The lowest BCUT2D eigenvalue weighted by atomic mass is 10.2. The van der Waals surface area contributed by atoms with Crippen molar-refractivity contribution in [3.05, 3.63) is 12.3 Å². The fraction of sp³-hybridized carbons (Fsp3) is 0.556. The van der Waals surface area contributed by atoms with Crippen LogP contribution < -0.4 is 10.6 Å². The van der Waals surface area contributed by atoms with Crippen LogP contribution in [-0.4, -0.2) is 41.5 Å². The van der Waals surface area contributed by atoms with Crippen molar-refractivity contribution in [3.63, 3.8) is 0 Å². The molecule has 7 heteroatoms. The average Bonchev–Trinajstić information content (AvgIpc) is 2.48. The van der Waals surface area contributed by atoms with Crippen LogP contribution in [0.4, 0.5) is 5.82 Å². The molecule has 1 aliphatic heterocycles. The lowest BCUT2D eigenvalue weighted by Gasteiger charge is -2.26. The van der Waals surface area contributed by atoms with E-state index < -0.39 is 0 Å². The Labute approximate surface area is 99.8 Å². The third-order valence-electron chi connectivity index (χ3n) is 2.18. The van der Waals surface area contributed by atoms with Crippen molar-refractivity contribution in [1.29, 1.82) is 0 Å². The highest BCUT2D eigenvalue weighted by Crippen LogP contribution is 2.02. The molecule has 2 rings (SSSR count). The molecule has 1 fully saturated rings. The van der Waals surface area contributed by atoms with Crippen LogP contribution in [0.15, 0.2) is 12.3 Å². The number of hydrogen-bond acceptors (Lipinski definition) is 4. The maximum atomic E-state index is 11.4. The second-order valence-electron chi connectivity index (χ2n) is 3.51. The predicted octanol–water partition coefficient (Wildman–Crippen LogP) is -0.231. The highest BCUT2D eigenvalue weighted by Gasteiger charge is 2.18. The zero-order chi connectivity index (χ0) is 10.7. The fourth-order valence-corrected chi connectivity index (χ4v) is 1.23. The maximum Gasteiger partial charge on any atom is 0.251 e. The van der Waals surface area contributed by atoms with E-state index >= 15 is 0 Å². The quantitative estimate of drug-likeness (QED) is 0.770. The van der Waals surface area contributed by atoms with Gasteiger partial charge in [-0.25, -0.2) is 0 Å². The van der Waals surface area contributed by atoms with Gasteiger partial charge in [0.1, 0.15) is 6.61 Å². The highest BCUT2D eigenvalue weighted by atomic mass is 35.5. The molecule has 1 aliphatic rings. The SMILES string of the molecule is Cl.Cn1ccc(NC(=O)COC2CNC2)n1. The minimum Gasteiger partial charge on any atom is -0.366 e. The number of aromatic nitrogens is 2. The Morgan fingerprint density at radius 2 is 2.50 bits per heavy atom. The third-order valence-corrected chi connectivity index (χ3v) is 2.18. The molecule has 0 bridgehead atoms. The topological polar surface area (TPSA) is 68.2 Å². The summed E-state index contributed by atoms with van der Waals surface area (Å²) < 4.78 is 6.94. The second-order valence-corrected chi connectivity index (χ2v) is 3.51. The molecule has 2 heterocycles. The van der Waals surface area contributed by atoms with Gasteiger partial charge in [0.25, 0.3) is 5.91 Å². The van der Waals surface area contributed by atoms with Crippen LogP contribution in [0.1, 0.15) is 0 Å².